The summed E-state index contributed by atoms with van der Waals surface area (Å²) < 4.78 is 0. The molecule has 0 aliphatic carbocycles. The van der Waals surface area contributed by atoms with Crippen LogP contribution in [0.15, 0.2) is 77.9 Å². The number of hydrogen-bond donors (Lipinski definition) is 2. The lowest BCUT2D eigenvalue weighted by Crippen LogP contribution is -2.32. The molecule has 0 aliphatic heterocycles. The summed E-state index contributed by atoms with van der Waals surface area (Å²) in [7, 11) is 0. The number of anilines is 1. The van der Waals surface area contributed by atoms with Gasteiger partial charge >= 0.3 is 11.8 Å². The van der Waals surface area contributed by atoms with E-state index < -0.39 is 11.8 Å². The molecule has 0 radical (unpaired) electrons. The largest absolute Gasteiger partial charge is 0.329 e. The van der Waals surface area contributed by atoms with Crippen LogP contribution in [0.1, 0.15) is 5.56 Å². The van der Waals surface area contributed by atoms with Crippen LogP contribution in [0.4, 0.5) is 5.69 Å². The number of nitrogens with zero attached hydrogens (tertiary/aromatic N) is 1. The van der Waals surface area contributed by atoms with Crippen molar-refractivity contribution < 1.29 is 9.59 Å². The minimum atomic E-state index is -0.924. The molecule has 148 valence electrons. The first kappa shape index (κ1) is 19.9. The molecule has 4 aromatic rings. The highest BCUT2D eigenvalue weighted by Gasteiger charge is 2.15. The molecule has 0 unspecified atom stereocenters. The second-order valence-corrected chi connectivity index (χ2v) is 7.35. The van der Waals surface area contributed by atoms with E-state index in [0.29, 0.717) is 5.02 Å². The maximum absolute atomic E-state index is 12.1. The van der Waals surface area contributed by atoms with E-state index in [0.717, 1.165) is 27.1 Å². The SMILES string of the molecule is O=C(N/N=C\c1c2ccccc2cc2ccccc12)C(=O)Nc1cc(Cl)ccc1Cl. The minimum absolute atomic E-state index is 0.244. The van der Waals surface area contributed by atoms with E-state index in [2.05, 4.69) is 21.9 Å². The number of fused-ring (bicyclic) bond motifs is 2. The van der Waals surface area contributed by atoms with Gasteiger partial charge in [0.25, 0.3) is 0 Å². The smallest absolute Gasteiger partial charge is 0.316 e. The van der Waals surface area contributed by atoms with Crippen LogP contribution in [0.2, 0.25) is 10.0 Å². The molecule has 0 saturated carbocycles. The van der Waals surface area contributed by atoms with Crippen LogP contribution < -0.4 is 10.7 Å². The second kappa shape index (κ2) is 8.53. The standard InChI is InChI=1S/C23H15Cl2N3O2/c24-16-9-10-20(25)21(12-16)27-22(29)23(30)28-26-13-19-17-7-3-1-5-14(17)11-15-6-2-4-8-18(15)19/h1-13H,(H,27,29)(H,28,30)/b26-13-. The number of carbonyl (C=O) groups is 2. The van der Waals surface area contributed by atoms with Gasteiger partial charge in [-0.15, -0.1) is 0 Å². The summed E-state index contributed by atoms with van der Waals surface area (Å²) in [4.78, 5) is 24.3. The molecule has 0 atom stereocenters. The van der Waals surface area contributed by atoms with Crippen molar-refractivity contribution in [3.05, 3.63) is 88.4 Å². The molecule has 2 N–H and O–H groups in total. The summed E-state index contributed by atoms with van der Waals surface area (Å²) in [5.74, 6) is -1.83. The fraction of sp³-hybridized carbons (Fsp3) is 0. The first-order valence-electron chi connectivity index (χ1n) is 9.03. The van der Waals surface area contributed by atoms with Crippen LogP contribution in [-0.2, 0) is 9.59 Å². The molecule has 30 heavy (non-hydrogen) atoms. The van der Waals surface area contributed by atoms with Crippen molar-refractivity contribution in [1.29, 1.82) is 0 Å². The number of rotatable bonds is 3. The van der Waals surface area contributed by atoms with E-state index in [-0.39, 0.29) is 10.7 Å². The van der Waals surface area contributed by atoms with Crippen molar-refractivity contribution >= 4 is 68.5 Å². The fourth-order valence-corrected chi connectivity index (χ4v) is 3.50. The van der Waals surface area contributed by atoms with Gasteiger partial charge < -0.3 is 5.32 Å². The Hall–Kier alpha value is -3.41. The van der Waals surface area contributed by atoms with Crippen molar-refractivity contribution in [2.75, 3.05) is 5.32 Å². The Kier molecular flexibility index (Phi) is 5.65. The second-order valence-electron chi connectivity index (χ2n) is 6.51. The summed E-state index contributed by atoms with van der Waals surface area (Å²) >= 11 is 11.9. The number of nitrogens with one attached hydrogen (secondary N) is 2. The first-order chi connectivity index (χ1) is 14.5. The lowest BCUT2D eigenvalue weighted by atomic mass is 9.97. The van der Waals surface area contributed by atoms with Gasteiger partial charge in [0.1, 0.15) is 0 Å². The van der Waals surface area contributed by atoms with Crippen molar-refractivity contribution in [3.8, 4) is 0 Å². The molecule has 4 aromatic carbocycles. The molecule has 0 aromatic heterocycles. The molecular formula is C23H15Cl2N3O2. The Bertz CT molecular complexity index is 1260. The van der Waals surface area contributed by atoms with E-state index >= 15 is 0 Å². The molecule has 0 fully saturated rings. The van der Waals surface area contributed by atoms with Crippen molar-refractivity contribution in [2.45, 2.75) is 0 Å². The van der Waals surface area contributed by atoms with Gasteiger partial charge in [0.15, 0.2) is 0 Å². The highest BCUT2D eigenvalue weighted by atomic mass is 35.5. The number of hydrogen-bond acceptors (Lipinski definition) is 3. The van der Waals surface area contributed by atoms with E-state index in [1.54, 1.807) is 12.3 Å². The number of benzene rings is 4. The first-order valence-corrected chi connectivity index (χ1v) is 9.78. The maximum Gasteiger partial charge on any atom is 0.329 e. The van der Waals surface area contributed by atoms with Crippen LogP contribution in [-0.4, -0.2) is 18.0 Å². The van der Waals surface area contributed by atoms with E-state index in [9.17, 15) is 9.59 Å². The van der Waals surface area contributed by atoms with Gasteiger partial charge in [0.2, 0.25) is 0 Å². The Morgan fingerprint density at radius 2 is 1.43 bits per heavy atom. The Balaban J connectivity index is 1.56. The average Bonchev–Trinajstić information content (AvgIpc) is 2.75. The monoisotopic (exact) mass is 435 g/mol. The molecule has 0 bridgehead atoms. The zero-order valence-electron chi connectivity index (χ0n) is 15.5. The summed E-state index contributed by atoms with van der Waals surface area (Å²) in [6.45, 7) is 0. The van der Waals surface area contributed by atoms with Gasteiger partial charge in [-0.05, 0) is 45.8 Å². The summed E-state index contributed by atoms with van der Waals surface area (Å²) in [6.07, 6.45) is 1.54. The van der Waals surface area contributed by atoms with Gasteiger partial charge in [0, 0.05) is 10.6 Å². The van der Waals surface area contributed by atoms with E-state index in [1.165, 1.54) is 12.1 Å². The van der Waals surface area contributed by atoms with Gasteiger partial charge in [-0.2, -0.15) is 5.10 Å². The number of amides is 2. The minimum Gasteiger partial charge on any atom is -0.316 e. The summed E-state index contributed by atoms with van der Waals surface area (Å²) in [5, 5.41) is 11.2. The van der Waals surface area contributed by atoms with Gasteiger partial charge in [-0.25, -0.2) is 5.43 Å². The van der Waals surface area contributed by atoms with Crippen LogP contribution in [0.5, 0.6) is 0 Å². The van der Waals surface area contributed by atoms with E-state index in [4.69, 9.17) is 23.2 Å². The lowest BCUT2D eigenvalue weighted by Gasteiger charge is -2.08. The molecular weight excluding hydrogens is 421 g/mol. The van der Waals surface area contributed by atoms with Crippen molar-refractivity contribution in [2.24, 2.45) is 5.10 Å². The van der Waals surface area contributed by atoms with Crippen molar-refractivity contribution in [1.82, 2.24) is 5.43 Å². The molecule has 0 heterocycles. The Morgan fingerprint density at radius 1 is 0.800 bits per heavy atom. The van der Waals surface area contributed by atoms with Gasteiger partial charge in [-0.1, -0.05) is 71.7 Å². The van der Waals surface area contributed by atoms with Crippen molar-refractivity contribution in [3.63, 3.8) is 0 Å². The normalized spacial score (nSPS) is 11.1. The van der Waals surface area contributed by atoms with Gasteiger partial charge in [0.05, 0.1) is 16.9 Å². The van der Waals surface area contributed by atoms with Crippen LogP contribution >= 0.6 is 23.2 Å². The maximum atomic E-state index is 12.1. The highest BCUT2D eigenvalue weighted by Crippen LogP contribution is 2.27. The van der Waals surface area contributed by atoms with Gasteiger partial charge in [-0.3, -0.25) is 9.59 Å². The molecule has 4 rings (SSSR count). The molecule has 0 spiro atoms. The van der Waals surface area contributed by atoms with Crippen LogP contribution in [0.3, 0.4) is 0 Å². The molecule has 0 saturated heterocycles. The van der Waals surface area contributed by atoms with Crippen LogP contribution in [0.25, 0.3) is 21.5 Å². The Morgan fingerprint density at radius 3 is 2.10 bits per heavy atom. The quantitative estimate of drug-likeness (QED) is 0.196. The lowest BCUT2D eigenvalue weighted by molar-refractivity contribution is -0.136. The van der Waals surface area contributed by atoms with Crippen LogP contribution in [0, 0.1) is 0 Å². The number of hydrazone groups is 1. The third kappa shape index (κ3) is 4.13. The predicted molar refractivity (Wildman–Crippen MR) is 122 cm³/mol. The number of halogens is 2. The summed E-state index contributed by atoms with van der Waals surface area (Å²) in [5.41, 5.74) is 3.35. The topological polar surface area (TPSA) is 70.6 Å². The average molecular weight is 436 g/mol. The predicted octanol–water partition coefficient (Wildman–Crippen LogP) is 5.39. The highest BCUT2D eigenvalue weighted by molar-refractivity contribution is 6.42. The van der Waals surface area contributed by atoms with E-state index in [1.807, 2.05) is 48.5 Å². The zero-order chi connectivity index (χ0) is 21.1. The molecule has 2 amide bonds. The number of carbonyl (C=O) groups excluding carboxylic acids is 2. The third-order valence-electron chi connectivity index (χ3n) is 4.56. The molecule has 0 aliphatic rings. The summed E-state index contributed by atoms with van der Waals surface area (Å²) in [6, 6.07) is 22.5. The third-order valence-corrected chi connectivity index (χ3v) is 5.12. The fourth-order valence-electron chi connectivity index (χ4n) is 3.17. The Labute approximate surface area is 182 Å². The zero-order valence-corrected chi connectivity index (χ0v) is 17.0. The molecule has 7 heteroatoms. The molecule has 5 nitrogen and oxygen atoms in total.